The molecule has 0 amide bonds. The quantitative estimate of drug-likeness (QED) is 0.131. The van der Waals surface area contributed by atoms with Gasteiger partial charge in [0, 0.05) is 94.6 Å². The number of allylic oxidation sites excluding steroid dienone is 2. The standard InChI is InChI=1S/C42H62O16.3Na/c1-37(2)21-8-11-42(7)31(20(43)16-18-19-17-39(4,36(53)54)13-12-38(19,3)14-15-41(18,42)6)40(21,5)10-9-22(37)55-35-30(26(47)25(46)29(57-35)33(51)52)58-34-27(48)23(44)24(45)28(56-34)32(49)50;;;/h16,19,21-31,34-35,44-48H,8-15,17H2,1-7H3,(H,49,50)(H,51,52)(H,53,54);;;/t19-,21-,22-,23-,24-,25-,26-,27+,28-,29-,30+,31+,34-,35-,38+,39-,40-,41+,42+;;;/m0.../s1. The maximum absolute atomic E-state index is 14.8. The minimum Gasteiger partial charge on any atom is -0.481 e. The Bertz CT molecular complexity index is 1750. The molecular weight excluding hydrogens is 829 g/mol. The number of carbonyl (C=O) groups is 4. The monoisotopic (exact) mass is 891 g/mol. The average molecular weight is 892 g/mol. The molecule has 0 unspecified atom stereocenters. The number of aliphatic hydroxyl groups is 5. The molecule has 7 rings (SSSR count). The van der Waals surface area contributed by atoms with Crippen LogP contribution >= 0.6 is 0 Å². The third kappa shape index (κ3) is 8.44. The zero-order valence-corrected chi connectivity index (χ0v) is 43.4. The molecule has 2 aliphatic heterocycles. The maximum atomic E-state index is 14.8. The van der Waals surface area contributed by atoms with Crippen molar-refractivity contribution in [2.75, 3.05) is 0 Å². The molecule has 329 valence electrons. The first kappa shape index (κ1) is 54.1. The summed E-state index contributed by atoms with van der Waals surface area (Å²) in [6.07, 6.45) is -12.2. The van der Waals surface area contributed by atoms with Gasteiger partial charge in [-0.25, -0.2) is 9.59 Å². The first-order chi connectivity index (χ1) is 26.8. The molecule has 5 aliphatic carbocycles. The topological polar surface area (TPSA) is 267 Å². The molecular formula is C42H62Na3O16. The van der Waals surface area contributed by atoms with Crippen LogP contribution in [0.15, 0.2) is 11.6 Å². The Balaban J connectivity index is 0.00000273. The Morgan fingerprint density at radius 2 is 1.23 bits per heavy atom. The predicted molar refractivity (Wildman–Crippen MR) is 217 cm³/mol. The van der Waals surface area contributed by atoms with Crippen molar-refractivity contribution in [2.24, 2.45) is 50.2 Å². The van der Waals surface area contributed by atoms with E-state index in [9.17, 15) is 60.0 Å². The number of aliphatic carboxylic acids is 3. The zero-order valence-electron chi connectivity index (χ0n) is 37.4. The van der Waals surface area contributed by atoms with Gasteiger partial charge in [-0.1, -0.05) is 47.1 Å². The van der Waals surface area contributed by atoms with Gasteiger partial charge in [0.1, 0.15) is 36.6 Å². The Hall–Kier alpha value is 0.460. The Morgan fingerprint density at radius 3 is 1.80 bits per heavy atom. The normalized spacial score (nSPS) is 50.0. The number of carbonyl (C=O) groups excluding carboxylic acids is 1. The van der Waals surface area contributed by atoms with Crippen LogP contribution in [0.5, 0.6) is 0 Å². The zero-order chi connectivity index (χ0) is 42.9. The van der Waals surface area contributed by atoms with Crippen LogP contribution in [-0.2, 0) is 38.1 Å². The van der Waals surface area contributed by atoms with E-state index in [1.165, 1.54) is 0 Å². The SMILES string of the molecule is CC1(C)[C@@H](O[C@H]2O[C@H](C(=O)O)[C@@H](O)[C@H](O)[C@H]2O[C@@H]2O[C@H](C(=O)O)[C@@H](O)[C@H](O)[C@H]2O)CC[C@]2(C)[C@H]3C(=O)C=C4[C@@H]5C[C@@](C)(C(=O)O)CC[C@]5(C)CC[C@@]4(C)[C@]3(C)CC[C@@H]12.[Na].[Na].[Na]. The number of aliphatic hydroxyl groups excluding tert-OH is 5. The summed E-state index contributed by atoms with van der Waals surface area (Å²) >= 11 is 0. The number of fused-ring (bicyclic) bond motifs is 7. The van der Waals surface area contributed by atoms with E-state index >= 15 is 0 Å². The summed E-state index contributed by atoms with van der Waals surface area (Å²) < 4.78 is 23.4. The molecule has 7 aliphatic rings. The van der Waals surface area contributed by atoms with Crippen molar-refractivity contribution in [3.63, 3.8) is 0 Å². The van der Waals surface area contributed by atoms with Crippen LogP contribution in [0.2, 0.25) is 0 Å². The molecule has 0 spiro atoms. The van der Waals surface area contributed by atoms with Crippen LogP contribution in [0.25, 0.3) is 0 Å². The summed E-state index contributed by atoms with van der Waals surface area (Å²) in [6.45, 7) is 14.8. The second kappa shape index (κ2) is 18.5. The van der Waals surface area contributed by atoms with Crippen molar-refractivity contribution in [3.8, 4) is 0 Å². The van der Waals surface area contributed by atoms with Gasteiger partial charge in [0.2, 0.25) is 0 Å². The first-order valence-corrected chi connectivity index (χ1v) is 20.7. The van der Waals surface area contributed by atoms with Crippen molar-refractivity contribution < 1.29 is 79.0 Å². The van der Waals surface area contributed by atoms with E-state index in [4.69, 9.17) is 18.9 Å². The number of rotatable bonds is 7. The van der Waals surface area contributed by atoms with E-state index < -0.39 is 107 Å². The fourth-order valence-corrected chi connectivity index (χ4v) is 13.4. The van der Waals surface area contributed by atoms with E-state index in [-0.39, 0.29) is 123 Å². The largest absolute Gasteiger partial charge is 0.481 e. The molecule has 2 heterocycles. The number of ketones is 1. The van der Waals surface area contributed by atoms with E-state index in [1.807, 2.05) is 26.8 Å². The Labute approximate surface area is 423 Å². The van der Waals surface area contributed by atoms with Gasteiger partial charge in [0.15, 0.2) is 30.6 Å². The van der Waals surface area contributed by atoms with Gasteiger partial charge in [0.25, 0.3) is 0 Å². The number of ether oxygens (including phenoxy) is 4. The summed E-state index contributed by atoms with van der Waals surface area (Å²) in [5.74, 6) is -4.47. The van der Waals surface area contributed by atoms with Crippen LogP contribution in [0, 0.1) is 50.2 Å². The third-order valence-electron chi connectivity index (χ3n) is 17.2. The van der Waals surface area contributed by atoms with Gasteiger partial charge >= 0.3 is 17.9 Å². The Kier molecular flexibility index (Phi) is 16.4. The first-order valence-electron chi connectivity index (χ1n) is 20.7. The fourth-order valence-electron chi connectivity index (χ4n) is 13.4. The molecule has 3 radical (unpaired) electrons. The van der Waals surface area contributed by atoms with Crippen molar-refractivity contribution >= 4 is 112 Å². The molecule has 0 aromatic heterocycles. The fraction of sp³-hybridized carbons (Fsp3) is 0.857. The van der Waals surface area contributed by atoms with Gasteiger partial charge < -0.3 is 59.8 Å². The molecule has 0 aromatic carbocycles. The molecule has 2 saturated heterocycles. The molecule has 61 heavy (non-hydrogen) atoms. The van der Waals surface area contributed by atoms with Gasteiger partial charge in [-0.15, -0.1) is 0 Å². The van der Waals surface area contributed by atoms with Crippen LogP contribution in [0.4, 0.5) is 0 Å². The second-order valence-electron chi connectivity index (χ2n) is 20.6. The summed E-state index contributed by atoms with van der Waals surface area (Å²) in [6, 6.07) is 0. The van der Waals surface area contributed by atoms with Crippen LogP contribution in [-0.4, -0.2) is 221 Å². The number of hydrogen-bond donors (Lipinski definition) is 8. The molecule has 0 aromatic rings. The van der Waals surface area contributed by atoms with Crippen molar-refractivity contribution in [1.82, 2.24) is 0 Å². The van der Waals surface area contributed by atoms with E-state index in [1.54, 1.807) is 0 Å². The molecule has 0 bridgehead atoms. The summed E-state index contributed by atoms with van der Waals surface area (Å²) in [4.78, 5) is 51.3. The van der Waals surface area contributed by atoms with E-state index in [0.717, 1.165) is 37.7 Å². The van der Waals surface area contributed by atoms with Crippen LogP contribution in [0.1, 0.15) is 106 Å². The number of carboxylic acid groups (broad SMARTS) is 3. The predicted octanol–water partition coefficient (Wildman–Crippen LogP) is 1.10. The van der Waals surface area contributed by atoms with Crippen molar-refractivity contribution in [2.45, 2.75) is 174 Å². The number of hydrogen-bond acceptors (Lipinski definition) is 13. The third-order valence-corrected chi connectivity index (χ3v) is 17.2. The summed E-state index contributed by atoms with van der Waals surface area (Å²) in [5.41, 5.74) is -1.81. The van der Waals surface area contributed by atoms with Crippen molar-refractivity contribution in [1.29, 1.82) is 0 Å². The van der Waals surface area contributed by atoms with Gasteiger partial charge in [-0.05, 0) is 110 Å². The van der Waals surface area contributed by atoms with Gasteiger partial charge in [-0.3, -0.25) is 9.59 Å². The molecule has 16 nitrogen and oxygen atoms in total. The van der Waals surface area contributed by atoms with Crippen LogP contribution < -0.4 is 0 Å². The maximum Gasteiger partial charge on any atom is 0.335 e. The Morgan fingerprint density at radius 1 is 0.672 bits per heavy atom. The minimum atomic E-state index is -2.05. The van der Waals surface area contributed by atoms with Crippen molar-refractivity contribution in [3.05, 3.63) is 11.6 Å². The van der Waals surface area contributed by atoms with Gasteiger partial charge in [0.05, 0.1) is 11.5 Å². The second-order valence-corrected chi connectivity index (χ2v) is 20.6. The summed E-state index contributed by atoms with van der Waals surface area (Å²) in [7, 11) is 0. The smallest absolute Gasteiger partial charge is 0.335 e. The molecule has 6 fully saturated rings. The van der Waals surface area contributed by atoms with E-state index in [2.05, 4.69) is 27.7 Å². The number of carboxylic acids is 3. The van der Waals surface area contributed by atoms with Crippen LogP contribution in [0.3, 0.4) is 0 Å². The van der Waals surface area contributed by atoms with E-state index in [0.29, 0.717) is 25.7 Å². The average Bonchev–Trinajstić information content (AvgIpc) is 3.13. The minimum absolute atomic E-state index is 0. The molecule has 4 saturated carbocycles. The molecule has 19 atom stereocenters. The molecule has 8 N–H and O–H groups in total. The van der Waals surface area contributed by atoms with Gasteiger partial charge in [-0.2, -0.15) is 0 Å². The summed E-state index contributed by atoms with van der Waals surface area (Å²) in [5, 5.41) is 83.0. The molecule has 19 heteroatoms.